The van der Waals surface area contributed by atoms with Crippen molar-refractivity contribution in [3.63, 3.8) is 0 Å². The number of aryl methyl sites for hydroxylation is 1. The van der Waals surface area contributed by atoms with Crippen LogP contribution in [-0.4, -0.2) is 12.0 Å². The third-order valence-electron chi connectivity index (χ3n) is 3.10. The number of benzene rings is 2. The number of halogens is 1. The summed E-state index contributed by atoms with van der Waals surface area (Å²) in [4.78, 5) is 10.4. The molecule has 0 aliphatic heterocycles. The number of ether oxygens (including phenoxy) is 1. The van der Waals surface area contributed by atoms with Crippen LogP contribution in [0, 0.1) is 22.9 Å². The molecule has 0 aliphatic carbocycles. The monoisotopic (exact) mass is 290 g/mol. The van der Waals surface area contributed by atoms with Crippen molar-refractivity contribution in [2.24, 2.45) is 0 Å². The molecule has 0 fully saturated rings. The lowest BCUT2D eigenvalue weighted by atomic mass is 10.1. The molecular weight excluding hydrogens is 275 g/mol. The maximum Gasteiger partial charge on any atom is 0.269 e. The molecule has 21 heavy (non-hydrogen) atoms. The van der Waals surface area contributed by atoms with E-state index in [1.807, 2.05) is 0 Å². The summed E-state index contributed by atoms with van der Waals surface area (Å²) in [5, 5.41) is 13.8. The molecule has 2 aromatic carbocycles. The molecule has 0 amide bonds. The van der Waals surface area contributed by atoms with Crippen molar-refractivity contribution in [2.75, 3.05) is 12.4 Å². The Hall–Kier alpha value is -2.63. The summed E-state index contributed by atoms with van der Waals surface area (Å²) in [6.45, 7) is 1.92. The Bertz CT molecular complexity index is 674. The first-order valence-corrected chi connectivity index (χ1v) is 6.35. The van der Waals surface area contributed by atoms with E-state index in [0.29, 0.717) is 11.3 Å². The molecule has 110 valence electrons. The Labute approximate surface area is 121 Å². The van der Waals surface area contributed by atoms with Crippen molar-refractivity contribution < 1.29 is 14.1 Å². The summed E-state index contributed by atoms with van der Waals surface area (Å²) in [6, 6.07) is 8.76. The number of nitro benzene ring substituents is 1. The van der Waals surface area contributed by atoms with Gasteiger partial charge in [-0.2, -0.15) is 0 Å². The summed E-state index contributed by atoms with van der Waals surface area (Å²) in [6.07, 6.45) is 0. The molecule has 0 radical (unpaired) electrons. The van der Waals surface area contributed by atoms with Crippen LogP contribution < -0.4 is 10.1 Å². The van der Waals surface area contributed by atoms with Crippen LogP contribution in [0.15, 0.2) is 36.4 Å². The summed E-state index contributed by atoms with van der Waals surface area (Å²) in [5.41, 5.74) is 2.15. The predicted octanol–water partition coefficient (Wildman–Crippen LogP) is 3.66. The molecule has 0 saturated carbocycles. The molecule has 5 nitrogen and oxygen atoms in total. The molecule has 0 spiro atoms. The van der Waals surface area contributed by atoms with E-state index >= 15 is 0 Å². The van der Waals surface area contributed by atoms with Gasteiger partial charge in [-0.05, 0) is 24.6 Å². The van der Waals surface area contributed by atoms with Crippen LogP contribution >= 0.6 is 0 Å². The largest absolute Gasteiger partial charge is 0.488 e. The van der Waals surface area contributed by atoms with Crippen LogP contribution in [0.4, 0.5) is 15.8 Å². The first kappa shape index (κ1) is 14.8. The summed E-state index contributed by atoms with van der Waals surface area (Å²) < 4.78 is 18.8. The van der Waals surface area contributed by atoms with Gasteiger partial charge in [0, 0.05) is 36.5 Å². The van der Waals surface area contributed by atoms with Crippen molar-refractivity contribution in [1.82, 2.24) is 0 Å². The average molecular weight is 290 g/mol. The SMILES string of the molecule is CNc1ccc([N+](=O)[O-])cc1COc1cc(F)ccc1C. The number of nitrogens with zero attached hydrogens (tertiary/aromatic N) is 1. The Kier molecular flexibility index (Phi) is 4.37. The van der Waals surface area contributed by atoms with Gasteiger partial charge in [0.05, 0.1) is 4.92 Å². The van der Waals surface area contributed by atoms with Crippen LogP contribution in [0.25, 0.3) is 0 Å². The van der Waals surface area contributed by atoms with Crippen molar-refractivity contribution >= 4 is 11.4 Å². The van der Waals surface area contributed by atoms with Crippen LogP contribution in [0.1, 0.15) is 11.1 Å². The van der Waals surface area contributed by atoms with Gasteiger partial charge in [-0.25, -0.2) is 4.39 Å². The van der Waals surface area contributed by atoms with Crippen LogP contribution in [0.5, 0.6) is 5.75 Å². The number of hydrogen-bond donors (Lipinski definition) is 1. The number of anilines is 1. The van der Waals surface area contributed by atoms with E-state index < -0.39 is 4.92 Å². The fourth-order valence-electron chi connectivity index (χ4n) is 1.94. The molecule has 0 atom stereocenters. The second kappa shape index (κ2) is 6.21. The maximum absolute atomic E-state index is 13.2. The maximum atomic E-state index is 13.2. The van der Waals surface area contributed by atoms with Crippen LogP contribution in [0.2, 0.25) is 0 Å². The Morgan fingerprint density at radius 1 is 1.29 bits per heavy atom. The van der Waals surface area contributed by atoms with Crippen LogP contribution in [0.3, 0.4) is 0 Å². The zero-order valence-electron chi connectivity index (χ0n) is 11.7. The van der Waals surface area contributed by atoms with Gasteiger partial charge in [0.2, 0.25) is 0 Å². The minimum Gasteiger partial charge on any atom is -0.488 e. The normalized spacial score (nSPS) is 10.2. The number of non-ortho nitro benzene ring substituents is 1. The van der Waals surface area contributed by atoms with Crippen molar-refractivity contribution in [3.05, 3.63) is 63.5 Å². The zero-order chi connectivity index (χ0) is 15.4. The highest BCUT2D eigenvalue weighted by Crippen LogP contribution is 2.25. The molecule has 0 heterocycles. The number of rotatable bonds is 5. The minimum atomic E-state index is -0.462. The van der Waals surface area contributed by atoms with Gasteiger partial charge in [0.15, 0.2) is 0 Å². The molecule has 1 N–H and O–H groups in total. The molecule has 0 bridgehead atoms. The van der Waals surface area contributed by atoms with E-state index in [1.165, 1.54) is 24.3 Å². The van der Waals surface area contributed by atoms with Gasteiger partial charge in [-0.1, -0.05) is 6.07 Å². The highest BCUT2D eigenvalue weighted by Gasteiger charge is 2.11. The van der Waals surface area contributed by atoms with E-state index in [0.717, 1.165) is 11.3 Å². The molecule has 0 unspecified atom stereocenters. The Morgan fingerprint density at radius 3 is 2.71 bits per heavy atom. The van der Waals surface area contributed by atoms with E-state index in [4.69, 9.17) is 4.74 Å². The van der Waals surface area contributed by atoms with Gasteiger partial charge >= 0.3 is 0 Å². The number of nitro groups is 1. The van der Waals surface area contributed by atoms with E-state index in [-0.39, 0.29) is 18.1 Å². The molecule has 0 aromatic heterocycles. The van der Waals surface area contributed by atoms with Gasteiger partial charge in [0.25, 0.3) is 5.69 Å². The number of hydrogen-bond acceptors (Lipinski definition) is 4. The zero-order valence-corrected chi connectivity index (χ0v) is 11.7. The summed E-state index contributed by atoms with van der Waals surface area (Å²) >= 11 is 0. The first-order valence-electron chi connectivity index (χ1n) is 6.35. The highest BCUT2D eigenvalue weighted by atomic mass is 19.1. The lowest BCUT2D eigenvalue weighted by Crippen LogP contribution is -2.03. The topological polar surface area (TPSA) is 64.4 Å². The smallest absolute Gasteiger partial charge is 0.269 e. The van der Waals surface area contributed by atoms with Gasteiger partial charge < -0.3 is 10.1 Å². The molecule has 6 heteroatoms. The third-order valence-corrected chi connectivity index (χ3v) is 3.10. The minimum absolute atomic E-state index is 0.0106. The molecule has 2 rings (SSSR count). The highest BCUT2D eigenvalue weighted by molar-refractivity contribution is 5.55. The Balaban J connectivity index is 2.24. The van der Waals surface area contributed by atoms with E-state index in [1.54, 1.807) is 26.1 Å². The molecule has 2 aromatic rings. The van der Waals surface area contributed by atoms with Gasteiger partial charge in [-0.3, -0.25) is 10.1 Å². The van der Waals surface area contributed by atoms with Crippen LogP contribution in [-0.2, 0) is 6.61 Å². The third kappa shape index (κ3) is 3.47. The second-order valence-corrected chi connectivity index (χ2v) is 4.55. The lowest BCUT2D eigenvalue weighted by molar-refractivity contribution is -0.384. The fourth-order valence-corrected chi connectivity index (χ4v) is 1.94. The van der Waals surface area contributed by atoms with Crippen molar-refractivity contribution in [3.8, 4) is 5.75 Å². The predicted molar refractivity (Wildman–Crippen MR) is 78.1 cm³/mol. The first-order chi connectivity index (χ1) is 10.0. The number of nitrogens with one attached hydrogen (secondary N) is 1. The van der Waals surface area contributed by atoms with Gasteiger partial charge in [0.1, 0.15) is 18.2 Å². The quantitative estimate of drug-likeness (QED) is 0.674. The van der Waals surface area contributed by atoms with Crippen molar-refractivity contribution in [2.45, 2.75) is 13.5 Å². The van der Waals surface area contributed by atoms with Crippen molar-refractivity contribution in [1.29, 1.82) is 0 Å². The van der Waals surface area contributed by atoms with E-state index in [2.05, 4.69) is 5.32 Å². The fraction of sp³-hybridized carbons (Fsp3) is 0.200. The average Bonchev–Trinajstić information content (AvgIpc) is 2.47. The summed E-state index contributed by atoms with van der Waals surface area (Å²) in [7, 11) is 1.72. The standard InChI is InChI=1S/C15H15FN2O3/c1-10-3-4-12(16)8-15(10)21-9-11-7-13(18(19)20)5-6-14(11)17-2/h3-8,17H,9H2,1-2H3. The Morgan fingerprint density at radius 2 is 2.05 bits per heavy atom. The lowest BCUT2D eigenvalue weighted by Gasteiger charge is -2.12. The van der Waals surface area contributed by atoms with Gasteiger partial charge in [-0.15, -0.1) is 0 Å². The van der Waals surface area contributed by atoms with E-state index in [9.17, 15) is 14.5 Å². The second-order valence-electron chi connectivity index (χ2n) is 4.55. The molecule has 0 aliphatic rings. The molecule has 0 saturated heterocycles. The summed E-state index contributed by atoms with van der Waals surface area (Å²) in [5.74, 6) is 0.0343. The molecular formula is C15H15FN2O3.